The molecule has 1 N–H and O–H groups in total. The van der Waals surface area contributed by atoms with Gasteiger partial charge in [0.25, 0.3) is 0 Å². The van der Waals surface area contributed by atoms with Crippen LogP contribution in [0.3, 0.4) is 0 Å². The number of hydrogen-bond donors (Lipinski definition) is 1. The molecule has 0 radical (unpaired) electrons. The average molecular weight is 605 g/mol. The molecule has 4 aromatic rings. The van der Waals surface area contributed by atoms with Crippen molar-refractivity contribution < 1.29 is 23.4 Å². The predicted octanol–water partition coefficient (Wildman–Crippen LogP) is 4.67. The first-order valence-electron chi connectivity index (χ1n) is 15.0. The van der Waals surface area contributed by atoms with Crippen LogP contribution in [0.4, 0.5) is 25.8 Å². The maximum atomic E-state index is 14.9. The highest BCUT2D eigenvalue weighted by Crippen LogP contribution is 2.42. The summed E-state index contributed by atoms with van der Waals surface area (Å²) in [5.74, 6) is -0.493. The smallest absolute Gasteiger partial charge is 0.137 e. The molecule has 2 fully saturated rings. The number of benzene rings is 3. The number of aliphatic hydroxyl groups is 1. The minimum atomic E-state index is -0.998. The largest absolute Gasteiger partial charge is 0.493 e. The van der Waals surface area contributed by atoms with E-state index in [9.17, 15) is 13.9 Å². The lowest BCUT2D eigenvalue weighted by Gasteiger charge is -2.37. The van der Waals surface area contributed by atoms with Crippen LogP contribution in [0.2, 0.25) is 0 Å². The van der Waals surface area contributed by atoms with Crippen molar-refractivity contribution in [3.05, 3.63) is 96.6 Å². The van der Waals surface area contributed by atoms with E-state index in [-0.39, 0.29) is 12.5 Å². The Labute approximate surface area is 256 Å². The predicted molar refractivity (Wildman–Crippen MR) is 165 cm³/mol. The third-order valence-electron chi connectivity index (χ3n) is 8.67. The molecule has 0 aliphatic carbocycles. The van der Waals surface area contributed by atoms with Gasteiger partial charge in [-0.25, -0.2) is 18.4 Å². The maximum absolute atomic E-state index is 14.9. The van der Waals surface area contributed by atoms with Crippen LogP contribution >= 0.6 is 0 Å². The fourth-order valence-electron chi connectivity index (χ4n) is 6.09. The fourth-order valence-corrected chi connectivity index (χ4v) is 6.09. The Hall–Kier alpha value is -4.22. The molecule has 2 aliphatic heterocycles. The van der Waals surface area contributed by atoms with Gasteiger partial charge < -0.3 is 29.3 Å². The van der Waals surface area contributed by atoms with E-state index in [0.29, 0.717) is 25.2 Å². The molecule has 9 nitrogen and oxygen atoms in total. The Kier molecular flexibility index (Phi) is 8.67. The van der Waals surface area contributed by atoms with Gasteiger partial charge in [0, 0.05) is 67.8 Å². The summed E-state index contributed by atoms with van der Waals surface area (Å²) in [5, 5.41) is 14.0. The van der Waals surface area contributed by atoms with Crippen molar-refractivity contribution >= 4 is 17.1 Å². The van der Waals surface area contributed by atoms with Crippen LogP contribution in [0.15, 0.2) is 79.4 Å². The highest BCUT2D eigenvalue weighted by molar-refractivity contribution is 5.58. The summed E-state index contributed by atoms with van der Waals surface area (Å²) >= 11 is 0. The molecule has 3 heterocycles. The van der Waals surface area contributed by atoms with Crippen LogP contribution in [-0.2, 0) is 16.9 Å². The Bertz CT molecular complexity index is 1510. The quantitative estimate of drug-likeness (QED) is 0.262. The van der Waals surface area contributed by atoms with Crippen LogP contribution in [0, 0.1) is 17.6 Å². The first-order valence-corrected chi connectivity index (χ1v) is 15.0. The number of halogens is 2. The molecule has 232 valence electrons. The highest BCUT2D eigenvalue weighted by Gasteiger charge is 2.44. The lowest BCUT2D eigenvalue weighted by atomic mass is 9.87. The summed E-state index contributed by atoms with van der Waals surface area (Å²) in [6.45, 7) is 6.45. The first-order chi connectivity index (χ1) is 21.3. The minimum absolute atomic E-state index is 0.0113. The Morgan fingerprint density at radius 3 is 2.25 bits per heavy atom. The SMILES string of the molecule is CC(O)N(C)c1ccc(N2CCN(c3ccc(OC[C@@H]4CO[C@@](Cn5cncn5)(c5ccc(F)cc5F)C4)cc3)CC2)cc1. The van der Waals surface area contributed by atoms with Crippen molar-refractivity contribution in [1.82, 2.24) is 14.8 Å². The number of piperazine rings is 1. The number of nitrogens with zero attached hydrogens (tertiary/aromatic N) is 6. The van der Waals surface area contributed by atoms with E-state index in [0.717, 1.165) is 49.4 Å². The van der Waals surface area contributed by atoms with Gasteiger partial charge in [0.1, 0.15) is 41.9 Å². The van der Waals surface area contributed by atoms with E-state index >= 15 is 0 Å². The van der Waals surface area contributed by atoms with Gasteiger partial charge >= 0.3 is 0 Å². The zero-order chi connectivity index (χ0) is 30.7. The molecule has 44 heavy (non-hydrogen) atoms. The second kappa shape index (κ2) is 12.8. The summed E-state index contributed by atoms with van der Waals surface area (Å²) in [5.41, 5.74) is 2.62. The van der Waals surface area contributed by atoms with E-state index < -0.39 is 23.5 Å². The molecule has 2 saturated heterocycles. The van der Waals surface area contributed by atoms with Crippen molar-refractivity contribution in [1.29, 1.82) is 0 Å². The van der Waals surface area contributed by atoms with Gasteiger partial charge in [-0.15, -0.1) is 0 Å². The molecular formula is C33H38F2N6O3. The zero-order valence-corrected chi connectivity index (χ0v) is 25.0. The standard InChI is InChI=1S/C33H38F2N6O3/c1-24(42)38(2)27-4-6-28(7-5-27)39-13-15-40(16-14-39)29-8-10-30(11-9-29)43-19-25-18-33(44-20-25,21-41-23-36-22-37-41)31-12-3-26(34)17-32(31)35/h3-12,17,22-25,42H,13-16,18-21H2,1-2H3/t24?,25-,33+/m1/s1. The molecule has 3 atom stereocenters. The number of hydrogen-bond acceptors (Lipinski definition) is 8. The molecule has 0 amide bonds. The minimum Gasteiger partial charge on any atom is -0.493 e. The lowest BCUT2D eigenvalue weighted by Crippen LogP contribution is -2.46. The van der Waals surface area contributed by atoms with Crippen molar-refractivity contribution in [3.63, 3.8) is 0 Å². The molecule has 3 aromatic carbocycles. The molecule has 1 aromatic heterocycles. The van der Waals surface area contributed by atoms with Crippen LogP contribution in [0.5, 0.6) is 5.75 Å². The lowest BCUT2D eigenvalue weighted by molar-refractivity contribution is -0.0206. The van der Waals surface area contributed by atoms with Crippen molar-refractivity contribution in [3.8, 4) is 5.75 Å². The number of ether oxygens (including phenoxy) is 2. The second-order valence-electron chi connectivity index (χ2n) is 11.6. The van der Waals surface area contributed by atoms with E-state index in [2.05, 4.69) is 44.1 Å². The Balaban J connectivity index is 1.03. The van der Waals surface area contributed by atoms with E-state index in [4.69, 9.17) is 9.47 Å². The van der Waals surface area contributed by atoms with Crippen LogP contribution in [0.1, 0.15) is 18.9 Å². The van der Waals surface area contributed by atoms with Crippen molar-refractivity contribution in [2.45, 2.75) is 31.7 Å². The van der Waals surface area contributed by atoms with Crippen LogP contribution in [-0.4, -0.2) is 72.5 Å². The molecule has 0 saturated carbocycles. The Morgan fingerprint density at radius 2 is 1.66 bits per heavy atom. The molecule has 0 bridgehead atoms. The van der Waals surface area contributed by atoms with E-state index in [1.807, 2.05) is 36.2 Å². The van der Waals surface area contributed by atoms with Gasteiger partial charge in [-0.1, -0.05) is 6.07 Å². The second-order valence-corrected chi connectivity index (χ2v) is 11.6. The van der Waals surface area contributed by atoms with Gasteiger partial charge in [-0.2, -0.15) is 5.10 Å². The number of aliphatic hydroxyl groups excluding tert-OH is 1. The average Bonchev–Trinajstić information content (AvgIpc) is 3.70. The van der Waals surface area contributed by atoms with Crippen molar-refractivity contribution in [2.24, 2.45) is 5.92 Å². The molecule has 11 heteroatoms. The summed E-state index contributed by atoms with van der Waals surface area (Å²) in [7, 11) is 1.88. The summed E-state index contributed by atoms with van der Waals surface area (Å²) in [4.78, 5) is 10.6. The molecule has 6 rings (SSSR count). The monoisotopic (exact) mass is 604 g/mol. The molecule has 2 aliphatic rings. The third kappa shape index (κ3) is 6.48. The molecular weight excluding hydrogens is 566 g/mol. The first kappa shape index (κ1) is 29.8. The summed E-state index contributed by atoms with van der Waals surface area (Å²) in [6.07, 6.45) is 2.95. The summed E-state index contributed by atoms with van der Waals surface area (Å²) in [6, 6.07) is 20.0. The van der Waals surface area contributed by atoms with Gasteiger partial charge in [0.2, 0.25) is 0 Å². The van der Waals surface area contributed by atoms with Crippen molar-refractivity contribution in [2.75, 3.05) is 61.1 Å². The van der Waals surface area contributed by atoms with Gasteiger partial charge in [-0.3, -0.25) is 0 Å². The normalized spacial score (nSPS) is 21.0. The molecule has 0 spiro atoms. The molecule has 1 unspecified atom stereocenters. The topological polar surface area (TPSA) is 79.1 Å². The zero-order valence-electron chi connectivity index (χ0n) is 25.0. The number of rotatable bonds is 10. The van der Waals surface area contributed by atoms with E-state index in [1.54, 1.807) is 17.9 Å². The maximum Gasteiger partial charge on any atom is 0.137 e. The number of anilines is 3. The number of aromatic nitrogens is 3. The van der Waals surface area contributed by atoms with Gasteiger partial charge in [0.15, 0.2) is 0 Å². The Morgan fingerprint density at radius 1 is 1.00 bits per heavy atom. The van der Waals surface area contributed by atoms with E-state index in [1.165, 1.54) is 24.1 Å². The fraction of sp³-hybridized carbons (Fsp3) is 0.394. The van der Waals surface area contributed by atoms with Crippen LogP contribution < -0.4 is 19.4 Å². The van der Waals surface area contributed by atoms with Crippen LogP contribution in [0.25, 0.3) is 0 Å². The highest BCUT2D eigenvalue weighted by atomic mass is 19.1. The third-order valence-corrected chi connectivity index (χ3v) is 8.67. The summed E-state index contributed by atoms with van der Waals surface area (Å²) < 4.78 is 42.6. The van der Waals surface area contributed by atoms with Gasteiger partial charge in [0.05, 0.1) is 19.8 Å². The van der Waals surface area contributed by atoms with Gasteiger partial charge in [-0.05, 0) is 67.9 Å².